The molecular weight excluding hydrogens is 352 g/mol. The predicted molar refractivity (Wildman–Crippen MR) is 89.2 cm³/mol. The number of amides is 1. The summed E-state index contributed by atoms with van der Waals surface area (Å²) in [5.74, 6) is -1.12. The van der Waals surface area contributed by atoms with Crippen molar-refractivity contribution >= 4 is 34.5 Å². The number of carbonyl (C=O) groups excluding carboxylic acids is 1. The number of aliphatic hydroxyl groups excluding tert-OH is 1. The Morgan fingerprint density at radius 3 is 2.83 bits per heavy atom. The molecule has 0 radical (unpaired) electrons. The Kier molecular flexibility index (Phi) is 4.74. The summed E-state index contributed by atoms with van der Waals surface area (Å²) >= 11 is 2.90. The average molecular weight is 364 g/mol. The number of nitrogens with one attached hydrogen (secondary N) is 1. The number of furan rings is 1. The molecule has 0 saturated carbocycles. The van der Waals surface area contributed by atoms with Gasteiger partial charge in [0.15, 0.2) is 5.76 Å². The number of carbonyl (C=O) groups is 1. The van der Waals surface area contributed by atoms with Gasteiger partial charge in [0.25, 0.3) is 5.91 Å². The minimum absolute atomic E-state index is 0.114. The van der Waals surface area contributed by atoms with Gasteiger partial charge in [0.1, 0.15) is 11.0 Å². The van der Waals surface area contributed by atoms with Gasteiger partial charge in [-0.05, 0) is 40.6 Å². The van der Waals surface area contributed by atoms with Crippen molar-refractivity contribution in [2.24, 2.45) is 0 Å². The largest absolute Gasteiger partial charge is 0.433 e. The summed E-state index contributed by atoms with van der Waals surface area (Å²) in [5.41, 5.74) is 0.834. The van der Waals surface area contributed by atoms with Crippen LogP contribution in [0.5, 0.6) is 0 Å². The van der Waals surface area contributed by atoms with Gasteiger partial charge in [-0.1, -0.05) is 0 Å². The number of rotatable bonds is 6. The van der Waals surface area contributed by atoms with Crippen molar-refractivity contribution in [1.29, 1.82) is 0 Å². The van der Waals surface area contributed by atoms with E-state index in [0.29, 0.717) is 0 Å². The minimum Gasteiger partial charge on any atom is -0.395 e. The molecule has 0 aromatic carbocycles. The molecule has 0 bridgehead atoms. The number of aliphatic hydroxyl groups is 1. The van der Waals surface area contributed by atoms with E-state index in [4.69, 9.17) is 4.42 Å². The summed E-state index contributed by atoms with van der Waals surface area (Å²) in [6.45, 7) is 0.244. The first-order valence-corrected chi connectivity index (χ1v) is 8.61. The number of nitro groups is 1. The van der Waals surface area contributed by atoms with Gasteiger partial charge in [-0.25, -0.2) is 0 Å². The van der Waals surface area contributed by atoms with Crippen LogP contribution >= 0.6 is 22.7 Å². The fraction of sp³-hybridized carbons (Fsp3) is 0.133. The summed E-state index contributed by atoms with van der Waals surface area (Å²) in [7, 11) is 0. The van der Waals surface area contributed by atoms with Crippen LogP contribution in [-0.4, -0.2) is 15.9 Å². The maximum absolute atomic E-state index is 11.9. The standard InChI is InChI=1S/C15H12N2O5S2/c18-14(9-5-6-23-8-9)12-3-1-10(24-12)7-16-15(19)11-2-4-13(22-11)17(20)21/h1-6,8,14,18H,7H2,(H,16,19). The molecule has 3 aromatic heterocycles. The Hall–Kier alpha value is -2.49. The normalized spacial score (nSPS) is 12.0. The van der Waals surface area contributed by atoms with Crippen LogP contribution < -0.4 is 5.32 Å². The van der Waals surface area contributed by atoms with Gasteiger partial charge in [-0.3, -0.25) is 14.9 Å². The summed E-state index contributed by atoms with van der Waals surface area (Å²) in [4.78, 5) is 23.4. The van der Waals surface area contributed by atoms with E-state index in [1.54, 1.807) is 0 Å². The maximum atomic E-state index is 11.9. The van der Waals surface area contributed by atoms with Gasteiger partial charge in [-0.2, -0.15) is 11.3 Å². The lowest BCUT2D eigenvalue weighted by Crippen LogP contribution is -2.21. The van der Waals surface area contributed by atoms with Gasteiger partial charge >= 0.3 is 5.88 Å². The second-order valence-electron chi connectivity index (χ2n) is 4.84. The Balaban J connectivity index is 1.60. The first-order valence-electron chi connectivity index (χ1n) is 6.86. The zero-order valence-corrected chi connectivity index (χ0v) is 13.8. The third-order valence-electron chi connectivity index (χ3n) is 3.23. The molecular formula is C15H12N2O5S2. The van der Waals surface area contributed by atoms with Gasteiger partial charge in [0.05, 0.1) is 12.6 Å². The van der Waals surface area contributed by atoms with Crippen LogP contribution in [0.25, 0.3) is 0 Å². The summed E-state index contributed by atoms with van der Waals surface area (Å²) in [5, 5.41) is 27.2. The lowest BCUT2D eigenvalue weighted by molar-refractivity contribution is -0.402. The molecule has 3 aromatic rings. The molecule has 0 spiro atoms. The van der Waals surface area contributed by atoms with Gasteiger partial charge in [0.2, 0.25) is 0 Å². The highest BCUT2D eigenvalue weighted by atomic mass is 32.1. The third-order valence-corrected chi connectivity index (χ3v) is 5.07. The molecule has 7 nitrogen and oxygen atoms in total. The SMILES string of the molecule is O=C(NCc1ccc(C(O)c2ccsc2)s1)c1ccc([N+](=O)[O-])o1. The first-order chi connectivity index (χ1) is 11.5. The van der Waals surface area contributed by atoms with Crippen molar-refractivity contribution in [2.75, 3.05) is 0 Å². The van der Waals surface area contributed by atoms with Crippen LogP contribution in [0.4, 0.5) is 5.88 Å². The van der Waals surface area contributed by atoms with E-state index in [0.717, 1.165) is 21.4 Å². The van der Waals surface area contributed by atoms with Gasteiger partial charge in [0, 0.05) is 9.75 Å². The zero-order chi connectivity index (χ0) is 17.1. The lowest BCUT2D eigenvalue weighted by atomic mass is 10.2. The highest BCUT2D eigenvalue weighted by molar-refractivity contribution is 7.12. The molecule has 9 heteroatoms. The molecule has 1 amide bonds. The Morgan fingerprint density at radius 2 is 2.17 bits per heavy atom. The molecule has 3 heterocycles. The quantitative estimate of drug-likeness (QED) is 0.515. The van der Waals surface area contributed by atoms with Crippen molar-refractivity contribution in [3.8, 4) is 0 Å². The van der Waals surface area contributed by atoms with Crippen LogP contribution in [0.3, 0.4) is 0 Å². The molecule has 1 atom stereocenters. The summed E-state index contributed by atoms with van der Waals surface area (Å²) in [6.07, 6.45) is -0.682. The van der Waals surface area contributed by atoms with E-state index in [2.05, 4.69) is 5.32 Å². The Morgan fingerprint density at radius 1 is 1.33 bits per heavy atom. The van der Waals surface area contributed by atoms with Crippen molar-refractivity contribution in [2.45, 2.75) is 12.6 Å². The van der Waals surface area contributed by atoms with Crippen molar-refractivity contribution in [1.82, 2.24) is 5.32 Å². The third kappa shape index (κ3) is 3.53. The van der Waals surface area contributed by atoms with Gasteiger partial charge < -0.3 is 14.8 Å². The van der Waals surface area contributed by atoms with E-state index >= 15 is 0 Å². The first kappa shape index (κ1) is 16.4. The molecule has 2 N–H and O–H groups in total. The summed E-state index contributed by atoms with van der Waals surface area (Å²) in [6, 6.07) is 7.88. The average Bonchev–Trinajstić information content (AvgIpc) is 3.33. The fourth-order valence-electron chi connectivity index (χ4n) is 2.03. The van der Waals surface area contributed by atoms with Crippen LogP contribution in [0.15, 0.2) is 45.5 Å². The fourth-order valence-corrected chi connectivity index (χ4v) is 3.68. The molecule has 0 fully saturated rings. The van der Waals surface area contributed by atoms with Crippen molar-refractivity contribution < 1.29 is 19.2 Å². The van der Waals surface area contributed by atoms with Crippen LogP contribution in [-0.2, 0) is 6.54 Å². The van der Waals surface area contributed by atoms with E-state index in [9.17, 15) is 20.0 Å². The topological polar surface area (TPSA) is 106 Å². The number of thiophene rings is 2. The highest BCUT2D eigenvalue weighted by Gasteiger charge is 2.18. The summed E-state index contributed by atoms with van der Waals surface area (Å²) < 4.78 is 4.84. The molecule has 0 saturated heterocycles. The molecule has 124 valence electrons. The monoisotopic (exact) mass is 364 g/mol. The minimum atomic E-state index is -0.700. The van der Waals surface area contributed by atoms with E-state index in [1.165, 1.54) is 28.7 Å². The van der Waals surface area contributed by atoms with Crippen LogP contribution in [0.1, 0.15) is 32.0 Å². The molecule has 3 rings (SSSR count). The molecule has 1 unspecified atom stereocenters. The molecule has 0 aliphatic rings. The van der Waals surface area contributed by atoms with E-state index in [1.807, 2.05) is 29.0 Å². The highest BCUT2D eigenvalue weighted by Crippen LogP contribution is 2.29. The maximum Gasteiger partial charge on any atom is 0.433 e. The van der Waals surface area contributed by atoms with Crippen LogP contribution in [0.2, 0.25) is 0 Å². The smallest absolute Gasteiger partial charge is 0.395 e. The van der Waals surface area contributed by atoms with Gasteiger partial charge in [-0.15, -0.1) is 11.3 Å². The van der Waals surface area contributed by atoms with Crippen molar-refractivity contribution in [3.63, 3.8) is 0 Å². The van der Waals surface area contributed by atoms with Crippen molar-refractivity contribution in [3.05, 3.63) is 72.3 Å². The number of hydrogen-bond donors (Lipinski definition) is 2. The Bertz CT molecular complexity index is 853. The molecule has 0 aliphatic heterocycles. The number of hydrogen-bond acceptors (Lipinski definition) is 7. The van der Waals surface area contributed by atoms with E-state index < -0.39 is 22.8 Å². The van der Waals surface area contributed by atoms with E-state index in [-0.39, 0.29) is 12.3 Å². The predicted octanol–water partition coefficient (Wildman–Crippen LogP) is 3.32. The molecule has 0 aliphatic carbocycles. The number of nitrogens with zero attached hydrogens (tertiary/aromatic N) is 1. The second kappa shape index (κ2) is 6.95. The lowest BCUT2D eigenvalue weighted by Gasteiger charge is -2.05. The zero-order valence-electron chi connectivity index (χ0n) is 12.2. The second-order valence-corrected chi connectivity index (χ2v) is 6.82. The molecule has 24 heavy (non-hydrogen) atoms. The van der Waals surface area contributed by atoms with Crippen LogP contribution in [0, 0.1) is 10.1 Å². The Labute approximate surface area is 144 Å².